The maximum absolute atomic E-state index is 12.7. The highest BCUT2D eigenvalue weighted by Gasteiger charge is 2.19. The van der Waals surface area contributed by atoms with Gasteiger partial charge in [0, 0.05) is 19.3 Å². The number of hydrogen-bond donors (Lipinski definition) is 0. The molecule has 2 atom stereocenters. The Morgan fingerprint density at radius 1 is 0.389 bits per heavy atom. The largest absolute Gasteiger partial charge is 0.462 e. The second-order valence-corrected chi connectivity index (χ2v) is 17.1. The SMILES string of the molecule is CCCCCCCCCCCC(=O)OC[C@H](COC(=O)CCCCCCCCC(C)CC)OC(=O)CCCCCCCCCCCCCCCCC(C)C. The predicted octanol–water partition coefficient (Wildman–Crippen LogP) is 15.0. The fourth-order valence-electron chi connectivity index (χ4n) is 7.07. The van der Waals surface area contributed by atoms with Gasteiger partial charge in [0.2, 0.25) is 0 Å². The molecule has 0 aromatic heterocycles. The van der Waals surface area contributed by atoms with Gasteiger partial charge in [0.15, 0.2) is 6.10 Å². The molecule has 0 bridgehead atoms. The van der Waals surface area contributed by atoms with Crippen molar-refractivity contribution in [3.05, 3.63) is 0 Å². The summed E-state index contributed by atoms with van der Waals surface area (Å²) in [7, 11) is 0. The Morgan fingerprint density at radius 3 is 1.06 bits per heavy atom. The zero-order chi connectivity index (χ0) is 39.7. The molecule has 0 saturated carbocycles. The van der Waals surface area contributed by atoms with Crippen molar-refractivity contribution in [2.45, 2.75) is 265 Å². The van der Waals surface area contributed by atoms with Gasteiger partial charge in [-0.15, -0.1) is 0 Å². The van der Waals surface area contributed by atoms with Crippen molar-refractivity contribution in [1.82, 2.24) is 0 Å². The molecule has 0 fully saturated rings. The van der Waals surface area contributed by atoms with E-state index in [9.17, 15) is 14.4 Å². The van der Waals surface area contributed by atoms with Gasteiger partial charge in [-0.25, -0.2) is 0 Å². The first-order chi connectivity index (χ1) is 26.3. The molecule has 0 amide bonds. The first kappa shape index (κ1) is 52.4. The molecule has 0 saturated heterocycles. The van der Waals surface area contributed by atoms with Crippen LogP contribution in [0.3, 0.4) is 0 Å². The van der Waals surface area contributed by atoms with Crippen LogP contribution in [-0.2, 0) is 28.6 Å². The van der Waals surface area contributed by atoms with E-state index in [4.69, 9.17) is 14.2 Å². The monoisotopic (exact) mass is 765 g/mol. The molecule has 0 aromatic carbocycles. The van der Waals surface area contributed by atoms with Crippen molar-refractivity contribution >= 4 is 17.9 Å². The first-order valence-corrected chi connectivity index (χ1v) is 23.8. The summed E-state index contributed by atoms with van der Waals surface area (Å²) in [5.74, 6) is 0.798. The Bertz CT molecular complexity index is 826. The van der Waals surface area contributed by atoms with Crippen molar-refractivity contribution in [2.75, 3.05) is 13.2 Å². The van der Waals surface area contributed by atoms with Crippen LogP contribution in [0, 0.1) is 11.8 Å². The molecule has 6 heteroatoms. The van der Waals surface area contributed by atoms with E-state index in [0.29, 0.717) is 19.3 Å². The van der Waals surface area contributed by atoms with E-state index in [1.165, 1.54) is 148 Å². The number of esters is 3. The first-order valence-electron chi connectivity index (χ1n) is 23.8. The average Bonchev–Trinajstić information content (AvgIpc) is 3.15. The second kappa shape index (κ2) is 41.1. The summed E-state index contributed by atoms with van der Waals surface area (Å²) < 4.78 is 16.7. The molecule has 0 radical (unpaired) electrons. The molecule has 6 nitrogen and oxygen atoms in total. The molecule has 0 heterocycles. The highest BCUT2D eigenvalue weighted by molar-refractivity contribution is 5.71. The highest BCUT2D eigenvalue weighted by atomic mass is 16.6. The summed E-state index contributed by atoms with van der Waals surface area (Å²) in [5.41, 5.74) is 0. The van der Waals surface area contributed by atoms with Crippen LogP contribution in [0.15, 0.2) is 0 Å². The van der Waals surface area contributed by atoms with Crippen LogP contribution >= 0.6 is 0 Å². The summed E-state index contributed by atoms with van der Waals surface area (Å²) in [6, 6.07) is 0. The number of ether oxygens (including phenoxy) is 3. The Kier molecular flexibility index (Phi) is 39.8. The van der Waals surface area contributed by atoms with E-state index in [0.717, 1.165) is 69.6 Å². The molecule has 0 aliphatic heterocycles. The lowest BCUT2D eigenvalue weighted by Gasteiger charge is -2.18. The van der Waals surface area contributed by atoms with Gasteiger partial charge in [-0.1, -0.05) is 221 Å². The third-order valence-corrected chi connectivity index (χ3v) is 11.1. The Balaban J connectivity index is 4.28. The summed E-state index contributed by atoms with van der Waals surface area (Å²) >= 11 is 0. The Morgan fingerprint density at radius 2 is 0.704 bits per heavy atom. The van der Waals surface area contributed by atoms with Gasteiger partial charge in [-0.2, -0.15) is 0 Å². The molecular weight excluding hydrogens is 673 g/mol. The smallest absolute Gasteiger partial charge is 0.306 e. The third-order valence-electron chi connectivity index (χ3n) is 11.1. The van der Waals surface area contributed by atoms with Crippen molar-refractivity contribution < 1.29 is 28.6 Å². The standard InChI is InChI=1S/C48H92O6/c1-6-8-9-10-11-18-22-28-33-38-46(49)52-41-45(42-53-47(50)39-34-29-25-24-27-32-37-44(5)7-2)54-48(51)40-35-30-23-20-17-15-13-12-14-16-19-21-26-31-36-43(3)4/h43-45H,6-42H2,1-5H3/t44?,45-/m1/s1. The Hall–Kier alpha value is -1.59. The van der Waals surface area contributed by atoms with Gasteiger partial charge in [-0.05, 0) is 31.1 Å². The second-order valence-electron chi connectivity index (χ2n) is 17.1. The van der Waals surface area contributed by atoms with Gasteiger partial charge in [0.25, 0.3) is 0 Å². The lowest BCUT2D eigenvalue weighted by molar-refractivity contribution is -0.167. The maximum Gasteiger partial charge on any atom is 0.306 e. The van der Waals surface area contributed by atoms with E-state index >= 15 is 0 Å². The van der Waals surface area contributed by atoms with E-state index in [1.807, 2.05) is 0 Å². The van der Waals surface area contributed by atoms with Gasteiger partial charge in [0.1, 0.15) is 13.2 Å². The third kappa shape index (κ3) is 40.1. The van der Waals surface area contributed by atoms with E-state index in [2.05, 4.69) is 34.6 Å². The van der Waals surface area contributed by atoms with Crippen LogP contribution < -0.4 is 0 Å². The normalized spacial score (nSPS) is 12.6. The minimum Gasteiger partial charge on any atom is -0.462 e. The molecule has 1 unspecified atom stereocenters. The van der Waals surface area contributed by atoms with Crippen molar-refractivity contribution in [3.63, 3.8) is 0 Å². The Labute approximate surface area is 336 Å². The van der Waals surface area contributed by atoms with Crippen molar-refractivity contribution in [3.8, 4) is 0 Å². The van der Waals surface area contributed by atoms with Crippen LogP contribution in [0.4, 0.5) is 0 Å². The fourth-order valence-corrected chi connectivity index (χ4v) is 7.07. The molecule has 0 aromatic rings. The minimum absolute atomic E-state index is 0.0652. The number of carbonyl (C=O) groups is 3. The van der Waals surface area contributed by atoms with E-state index in [-0.39, 0.29) is 31.1 Å². The number of hydrogen-bond acceptors (Lipinski definition) is 6. The number of unbranched alkanes of at least 4 members (excludes halogenated alkanes) is 26. The van der Waals surface area contributed by atoms with Crippen LogP contribution in [0.5, 0.6) is 0 Å². The molecule has 320 valence electrons. The van der Waals surface area contributed by atoms with Gasteiger partial charge in [0.05, 0.1) is 0 Å². The molecule has 0 spiro atoms. The number of rotatable bonds is 42. The van der Waals surface area contributed by atoms with Crippen molar-refractivity contribution in [2.24, 2.45) is 11.8 Å². The summed E-state index contributed by atoms with van der Waals surface area (Å²) in [6.45, 7) is 11.3. The van der Waals surface area contributed by atoms with E-state index in [1.54, 1.807) is 0 Å². The molecular formula is C48H92O6. The summed E-state index contributed by atoms with van der Waals surface area (Å²) in [4.78, 5) is 37.7. The summed E-state index contributed by atoms with van der Waals surface area (Å²) in [6.07, 6.45) is 39.5. The van der Waals surface area contributed by atoms with Gasteiger partial charge in [-0.3, -0.25) is 14.4 Å². The molecule has 0 N–H and O–H groups in total. The molecule has 54 heavy (non-hydrogen) atoms. The fraction of sp³-hybridized carbons (Fsp3) is 0.938. The topological polar surface area (TPSA) is 78.9 Å². The van der Waals surface area contributed by atoms with Crippen LogP contribution in [0.2, 0.25) is 0 Å². The summed E-state index contributed by atoms with van der Waals surface area (Å²) in [5, 5.41) is 0. The van der Waals surface area contributed by atoms with Gasteiger partial charge >= 0.3 is 17.9 Å². The van der Waals surface area contributed by atoms with Crippen LogP contribution in [0.25, 0.3) is 0 Å². The van der Waals surface area contributed by atoms with Crippen LogP contribution in [0.1, 0.15) is 259 Å². The maximum atomic E-state index is 12.7. The molecule has 0 aliphatic rings. The zero-order valence-electron chi connectivity index (χ0n) is 36.8. The molecule has 0 aliphatic carbocycles. The lowest BCUT2D eigenvalue weighted by Crippen LogP contribution is -2.30. The quantitative estimate of drug-likeness (QED) is 0.0350. The average molecular weight is 765 g/mol. The molecule has 0 rings (SSSR count). The van der Waals surface area contributed by atoms with Crippen molar-refractivity contribution in [1.29, 1.82) is 0 Å². The minimum atomic E-state index is -0.760. The lowest BCUT2D eigenvalue weighted by atomic mass is 10.00. The van der Waals surface area contributed by atoms with Gasteiger partial charge < -0.3 is 14.2 Å². The predicted molar refractivity (Wildman–Crippen MR) is 229 cm³/mol. The van der Waals surface area contributed by atoms with E-state index < -0.39 is 6.10 Å². The zero-order valence-corrected chi connectivity index (χ0v) is 36.8. The highest BCUT2D eigenvalue weighted by Crippen LogP contribution is 2.17. The van der Waals surface area contributed by atoms with Crippen LogP contribution in [-0.4, -0.2) is 37.2 Å². The number of carbonyl (C=O) groups excluding carboxylic acids is 3.